The first-order valence-electron chi connectivity index (χ1n) is 8.51. The summed E-state index contributed by atoms with van der Waals surface area (Å²) in [7, 11) is 0. The van der Waals surface area contributed by atoms with Crippen LogP contribution in [0.25, 0.3) is 0 Å². The van der Waals surface area contributed by atoms with Gasteiger partial charge in [0.2, 0.25) is 0 Å². The smallest absolute Gasteiger partial charge is 0.313 e. The summed E-state index contributed by atoms with van der Waals surface area (Å²) >= 11 is 0. The highest BCUT2D eigenvalue weighted by Crippen LogP contribution is 2.31. The molecule has 2 heterocycles. The Kier molecular flexibility index (Phi) is 7.14. The fourth-order valence-electron chi connectivity index (χ4n) is 3.00. The molecule has 2 unspecified atom stereocenters. The van der Waals surface area contributed by atoms with Crippen molar-refractivity contribution in [3.8, 4) is 0 Å². The summed E-state index contributed by atoms with van der Waals surface area (Å²) in [5, 5.41) is 0. The third-order valence-electron chi connectivity index (χ3n) is 4.38. The first-order chi connectivity index (χ1) is 10.8. The predicted octanol–water partition coefficient (Wildman–Crippen LogP) is 4.47. The number of aryl methyl sites for hydroxylation is 1. The lowest BCUT2D eigenvalue weighted by Crippen LogP contribution is -2.45. The molecule has 0 bridgehead atoms. The average Bonchev–Trinajstić information content (AvgIpc) is 2.54. The zero-order valence-electron chi connectivity index (χ0n) is 13.4. The van der Waals surface area contributed by atoms with Gasteiger partial charge in [0.25, 0.3) is 0 Å². The molecule has 0 spiro atoms. The van der Waals surface area contributed by atoms with Gasteiger partial charge in [-0.25, -0.2) is 0 Å². The van der Waals surface area contributed by atoms with E-state index in [1.54, 1.807) is 6.20 Å². The van der Waals surface area contributed by atoms with Crippen LogP contribution in [0, 0.1) is 5.92 Å². The minimum absolute atomic E-state index is 0.00263. The van der Waals surface area contributed by atoms with Gasteiger partial charge in [-0.3, -0.25) is 9.78 Å². The summed E-state index contributed by atoms with van der Waals surface area (Å²) in [5.41, 5.74) is 1.21. The fourth-order valence-corrected chi connectivity index (χ4v) is 3.00. The number of esters is 1. The maximum absolute atomic E-state index is 11.6. The molecule has 3 nitrogen and oxygen atoms in total. The van der Waals surface area contributed by atoms with Crippen LogP contribution in [0.3, 0.4) is 0 Å². The number of nitrogens with zero attached hydrogens (tertiary/aromatic N) is 1. The van der Waals surface area contributed by atoms with Gasteiger partial charge in [0, 0.05) is 12.4 Å². The van der Waals surface area contributed by atoms with Crippen LogP contribution in [-0.2, 0) is 16.0 Å². The Morgan fingerprint density at radius 3 is 2.73 bits per heavy atom. The predicted molar refractivity (Wildman–Crippen MR) is 88.4 cm³/mol. The van der Waals surface area contributed by atoms with Crippen molar-refractivity contribution in [1.82, 2.24) is 4.98 Å². The molecule has 0 aromatic carbocycles. The van der Waals surface area contributed by atoms with Crippen LogP contribution in [0.1, 0.15) is 56.9 Å². The van der Waals surface area contributed by atoms with Crippen molar-refractivity contribution in [2.75, 3.05) is 0 Å². The number of hydrogen-bond donors (Lipinski definition) is 0. The summed E-state index contributed by atoms with van der Waals surface area (Å²) in [6.45, 7) is 3.74. The van der Waals surface area contributed by atoms with E-state index in [4.69, 9.17) is 4.74 Å². The lowest BCUT2D eigenvalue weighted by molar-refractivity contribution is -0.185. The van der Waals surface area contributed by atoms with Crippen LogP contribution < -0.4 is 0 Å². The quantitative estimate of drug-likeness (QED) is 0.344. The molecular weight excluding hydrogens is 274 g/mol. The molecule has 1 aromatic rings. The number of carbonyl (C=O) groups excluding carboxylic acids is 1. The second kappa shape index (κ2) is 9.39. The van der Waals surface area contributed by atoms with Crippen molar-refractivity contribution < 1.29 is 9.53 Å². The fraction of sp³-hybridized carbons (Fsp3) is 0.579. The standard InChI is InChI=1S/C19H27NO2/c1-2-3-4-5-6-7-8-11-17-18(22-19(17)21)13-12-16-10-9-14-20-15-16/h2,9-10,14-15,17-18H,1,3-8,11-13H2. The highest BCUT2D eigenvalue weighted by molar-refractivity contribution is 5.78. The number of rotatable bonds is 11. The number of carbonyl (C=O) groups is 1. The monoisotopic (exact) mass is 301 g/mol. The number of ether oxygens (including phenoxy) is 1. The minimum atomic E-state index is 0.00263. The molecule has 0 amide bonds. The average molecular weight is 301 g/mol. The van der Waals surface area contributed by atoms with Crippen molar-refractivity contribution >= 4 is 5.97 Å². The summed E-state index contributed by atoms with van der Waals surface area (Å²) < 4.78 is 5.31. The number of hydrogen-bond acceptors (Lipinski definition) is 3. The maximum Gasteiger partial charge on any atom is 0.313 e. The zero-order chi connectivity index (χ0) is 15.6. The topological polar surface area (TPSA) is 39.2 Å². The Balaban J connectivity index is 1.59. The lowest BCUT2D eigenvalue weighted by atomic mass is 9.87. The van der Waals surface area contributed by atoms with Crippen LogP contribution in [0.5, 0.6) is 0 Å². The number of allylic oxidation sites excluding steroid dienone is 1. The van der Waals surface area contributed by atoms with E-state index in [1.807, 2.05) is 18.3 Å². The van der Waals surface area contributed by atoms with Gasteiger partial charge in [0.15, 0.2) is 0 Å². The molecule has 1 aliphatic rings. The van der Waals surface area contributed by atoms with E-state index in [2.05, 4.69) is 17.6 Å². The molecule has 0 N–H and O–H groups in total. The van der Waals surface area contributed by atoms with Gasteiger partial charge >= 0.3 is 5.97 Å². The highest BCUT2D eigenvalue weighted by atomic mass is 16.6. The summed E-state index contributed by atoms with van der Waals surface area (Å²) in [4.78, 5) is 15.7. The molecule has 120 valence electrons. The molecule has 2 rings (SSSR count). The normalized spacial score (nSPS) is 20.3. The van der Waals surface area contributed by atoms with E-state index in [-0.39, 0.29) is 18.0 Å². The van der Waals surface area contributed by atoms with E-state index in [1.165, 1.54) is 31.2 Å². The largest absolute Gasteiger partial charge is 0.461 e. The summed E-state index contributed by atoms with van der Waals surface area (Å²) in [5.74, 6) is 0.132. The van der Waals surface area contributed by atoms with E-state index in [0.717, 1.165) is 32.1 Å². The van der Waals surface area contributed by atoms with Crippen LogP contribution in [0.15, 0.2) is 37.2 Å². The Morgan fingerprint density at radius 2 is 2.00 bits per heavy atom. The maximum atomic E-state index is 11.6. The molecule has 1 aromatic heterocycles. The van der Waals surface area contributed by atoms with Gasteiger partial charge in [0.05, 0.1) is 5.92 Å². The molecule has 1 saturated heterocycles. The van der Waals surface area contributed by atoms with Crippen molar-refractivity contribution in [3.05, 3.63) is 42.7 Å². The summed E-state index contributed by atoms with van der Waals surface area (Å²) in [6, 6.07) is 4.03. The van der Waals surface area contributed by atoms with Gasteiger partial charge in [-0.2, -0.15) is 0 Å². The minimum Gasteiger partial charge on any atom is -0.461 e. The van der Waals surface area contributed by atoms with Crippen molar-refractivity contribution in [3.63, 3.8) is 0 Å². The Hall–Kier alpha value is -1.64. The lowest BCUT2D eigenvalue weighted by Gasteiger charge is -2.35. The number of cyclic esters (lactones) is 1. The molecule has 22 heavy (non-hydrogen) atoms. The van der Waals surface area contributed by atoms with Crippen LogP contribution in [0.2, 0.25) is 0 Å². The molecule has 2 atom stereocenters. The van der Waals surface area contributed by atoms with E-state index in [9.17, 15) is 4.79 Å². The third kappa shape index (κ3) is 5.28. The summed E-state index contributed by atoms with van der Waals surface area (Å²) in [6.07, 6.45) is 15.8. The van der Waals surface area contributed by atoms with Crippen molar-refractivity contribution in [2.45, 2.75) is 63.9 Å². The molecule has 0 radical (unpaired) electrons. The van der Waals surface area contributed by atoms with Crippen LogP contribution in [0.4, 0.5) is 0 Å². The van der Waals surface area contributed by atoms with Gasteiger partial charge in [0.1, 0.15) is 6.10 Å². The zero-order valence-corrected chi connectivity index (χ0v) is 13.4. The molecule has 3 heteroatoms. The number of pyridine rings is 1. The second-order valence-corrected chi connectivity index (χ2v) is 6.12. The van der Waals surface area contributed by atoms with Crippen molar-refractivity contribution in [1.29, 1.82) is 0 Å². The molecule has 0 aliphatic carbocycles. The van der Waals surface area contributed by atoms with Crippen LogP contribution >= 0.6 is 0 Å². The van der Waals surface area contributed by atoms with Gasteiger partial charge in [-0.1, -0.05) is 37.8 Å². The van der Waals surface area contributed by atoms with Gasteiger partial charge in [-0.15, -0.1) is 6.58 Å². The first kappa shape index (κ1) is 16.7. The highest BCUT2D eigenvalue weighted by Gasteiger charge is 2.40. The Labute approximate surface area is 133 Å². The Bertz CT molecular complexity index is 458. The Morgan fingerprint density at radius 1 is 1.18 bits per heavy atom. The number of unbranched alkanes of at least 4 members (excludes halogenated alkanes) is 5. The second-order valence-electron chi connectivity index (χ2n) is 6.12. The SMILES string of the molecule is C=CCCCCCCCC1C(=O)OC1CCc1cccnc1. The van der Waals surface area contributed by atoms with Gasteiger partial charge in [-0.05, 0) is 43.7 Å². The third-order valence-corrected chi connectivity index (χ3v) is 4.38. The first-order valence-corrected chi connectivity index (χ1v) is 8.51. The molecular formula is C19H27NO2. The van der Waals surface area contributed by atoms with Crippen molar-refractivity contribution in [2.24, 2.45) is 5.92 Å². The molecule has 1 aliphatic heterocycles. The molecule has 1 fully saturated rings. The van der Waals surface area contributed by atoms with E-state index in [0.29, 0.717) is 0 Å². The number of aromatic nitrogens is 1. The molecule has 0 saturated carbocycles. The van der Waals surface area contributed by atoms with Gasteiger partial charge < -0.3 is 4.74 Å². The van der Waals surface area contributed by atoms with E-state index < -0.39 is 0 Å². The van der Waals surface area contributed by atoms with Crippen LogP contribution in [-0.4, -0.2) is 17.1 Å². The van der Waals surface area contributed by atoms with E-state index >= 15 is 0 Å².